The maximum atomic E-state index is 13.2. The van der Waals surface area contributed by atoms with Gasteiger partial charge in [-0.15, -0.1) is 0 Å². The van der Waals surface area contributed by atoms with E-state index in [2.05, 4.69) is 35.9 Å². The highest BCUT2D eigenvalue weighted by Gasteiger charge is 2.31. The molecular weight excluding hydrogens is 426 g/mol. The third-order valence-corrected chi connectivity index (χ3v) is 6.49. The molecule has 0 unspecified atom stereocenters. The molecule has 1 aliphatic heterocycles. The molecule has 0 radical (unpaired) electrons. The molecule has 0 spiro atoms. The smallest absolute Gasteiger partial charge is 0.337 e. The fourth-order valence-corrected chi connectivity index (χ4v) is 4.64. The van der Waals surface area contributed by atoms with Crippen molar-refractivity contribution in [2.45, 2.75) is 38.9 Å². The Morgan fingerprint density at radius 3 is 2.24 bits per heavy atom. The van der Waals surface area contributed by atoms with Crippen LogP contribution in [0.2, 0.25) is 0 Å². The Bertz CT molecular complexity index is 1120. The first-order valence-electron chi connectivity index (χ1n) is 11.6. The molecule has 6 heteroatoms. The number of aromatic nitrogens is 1. The molecule has 1 amide bonds. The zero-order valence-corrected chi connectivity index (χ0v) is 20.0. The van der Waals surface area contributed by atoms with Crippen LogP contribution in [0.15, 0.2) is 73.1 Å². The quantitative estimate of drug-likeness (QED) is 0.519. The predicted octanol–water partition coefficient (Wildman–Crippen LogP) is 4.20. The van der Waals surface area contributed by atoms with E-state index in [4.69, 9.17) is 4.74 Å². The summed E-state index contributed by atoms with van der Waals surface area (Å²) in [6.45, 7) is 6.52. The Morgan fingerprint density at radius 1 is 0.912 bits per heavy atom. The van der Waals surface area contributed by atoms with Crippen molar-refractivity contribution < 1.29 is 14.3 Å². The van der Waals surface area contributed by atoms with Gasteiger partial charge in [0.15, 0.2) is 0 Å². The number of benzene rings is 2. The molecule has 2 aromatic carbocycles. The van der Waals surface area contributed by atoms with Crippen LogP contribution >= 0.6 is 0 Å². The van der Waals surface area contributed by atoms with Crippen molar-refractivity contribution in [3.05, 3.63) is 89.7 Å². The van der Waals surface area contributed by atoms with E-state index in [0.717, 1.165) is 28.8 Å². The number of piperazine rings is 1. The first-order valence-corrected chi connectivity index (χ1v) is 11.6. The third-order valence-electron chi connectivity index (χ3n) is 6.49. The van der Waals surface area contributed by atoms with E-state index >= 15 is 0 Å². The largest absolute Gasteiger partial charge is 0.465 e. The molecule has 1 fully saturated rings. The summed E-state index contributed by atoms with van der Waals surface area (Å²) in [5.41, 5.74) is 4.90. The summed E-state index contributed by atoms with van der Waals surface area (Å²) in [6.07, 6.45) is 3.96. The molecule has 176 valence electrons. The van der Waals surface area contributed by atoms with Crippen LogP contribution in [0, 0.1) is 0 Å². The van der Waals surface area contributed by atoms with Crippen LogP contribution in [0.25, 0.3) is 11.1 Å². The molecule has 2 heterocycles. The third kappa shape index (κ3) is 5.51. The van der Waals surface area contributed by atoms with Crippen LogP contribution < -0.4 is 0 Å². The zero-order chi connectivity index (χ0) is 24.1. The molecule has 0 bridgehead atoms. The minimum atomic E-state index is -0.327. The minimum absolute atomic E-state index is 0.160. The Balaban J connectivity index is 1.37. The van der Waals surface area contributed by atoms with Gasteiger partial charge in [-0.1, -0.05) is 36.4 Å². The van der Waals surface area contributed by atoms with Gasteiger partial charge in [0.05, 0.1) is 19.1 Å². The summed E-state index contributed by atoms with van der Waals surface area (Å²) in [4.78, 5) is 33.3. The van der Waals surface area contributed by atoms with Gasteiger partial charge in [-0.25, -0.2) is 4.79 Å². The lowest BCUT2D eigenvalue weighted by Crippen LogP contribution is -2.57. The number of carbonyl (C=O) groups is 2. The van der Waals surface area contributed by atoms with Crippen molar-refractivity contribution in [1.29, 1.82) is 0 Å². The maximum absolute atomic E-state index is 13.2. The van der Waals surface area contributed by atoms with Crippen LogP contribution in [0.3, 0.4) is 0 Å². The average Bonchev–Trinajstić information content (AvgIpc) is 2.86. The lowest BCUT2D eigenvalue weighted by molar-refractivity contribution is -0.135. The average molecular weight is 458 g/mol. The molecule has 1 aromatic heterocycles. The second-order valence-electron chi connectivity index (χ2n) is 8.97. The summed E-state index contributed by atoms with van der Waals surface area (Å²) in [6, 6.07) is 20.1. The molecule has 1 saturated heterocycles. The van der Waals surface area contributed by atoms with E-state index in [1.807, 2.05) is 41.3 Å². The maximum Gasteiger partial charge on any atom is 0.337 e. The number of esters is 1. The second-order valence-corrected chi connectivity index (χ2v) is 8.97. The summed E-state index contributed by atoms with van der Waals surface area (Å²) in [5.74, 6) is -0.167. The van der Waals surface area contributed by atoms with Crippen molar-refractivity contribution in [2.75, 3.05) is 20.2 Å². The molecular formula is C28H31N3O3. The van der Waals surface area contributed by atoms with Gasteiger partial charge in [0.1, 0.15) is 0 Å². The van der Waals surface area contributed by atoms with Crippen LogP contribution in [0.5, 0.6) is 0 Å². The fourth-order valence-electron chi connectivity index (χ4n) is 4.64. The van der Waals surface area contributed by atoms with Gasteiger partial charge >= 0.3 is 5.97 Å². The lowest BCUT2D eigenvalue weighted by atomic mass is 10.0. The molecule has 0 saturated carbocycles. The van der Waals surface area contributed by atoms with Gasteiger partial charge in [0, 0.05) is 44.1 Å². The number of amides is 1. The van der Waals surface area contributed by atoms with Gasteiger partial charge in [-0.2, -0.15) is 0 Å². The molecule has 0 N–H and O–H groups in total. The summed E-state index contributed by atoms with van der Waals surface area (Å²) in [5, 5.41) is 0. The topological polar surface area (TPSA) is 62.7 Å². The highest BCUT2D eigenvalue weighted by atomic mass is 16.5. The highest BCUT2D eigenvalue weighted by Crippen LogP contribution is 2.22. The predicted molar refractivity (Wildman–Crippen MR) is 132 cm³/mol. The molecule has 34 heavy (non-hydrogen) atoms. The van der Waals surface area contributed by atoms with Crippen LogP contribution in [0.4, 0.5) is 0 Å². The van der Waals surface area contributed by atoms with Crippen LogP contribution in [0.1, 0.15) is 35.3 Å². The van der Waals surface area contributed by atoms with E-state index in [1.165, 1.54) is 7.11 Å². The molecule has 0 aliphatic carbocycles. The van der Waals surface area contributed by atoms with Crippen molar-refractivity contribution >= 4 is 11.9 Å². The normalized spacial score (nSPS) is 18.5. The highest BCUT2D eigenvalue weighted by molar-refractivity contribution is 5.89. The summed E-state index contributed by atoms with van der Waals surface area (Å²) < 4.78 is 4.78. The number of carbonyl (C=O) groups excluding carboxylic acids is 2. The first-order chi connectivity index (χ1) is 16.4. The fraction of sp³-hybridized carbons (Fsp3) is 0.321. The van der Waals surface area contributed by atoms with E-state index in [0.29, 0.717) is 25.1 Å². The van der Waals surface area contributed by atoms with Crippen molar-refractivity contribution in [3.8, 4) is 11.1 Å². The first kappa shape index (κ1) is 23.6. The van der Waals surface area contributed by atoms with Crippen LogP contribution in [-0.4, -0.2) is 58.9 Å². The van der Waals surface area contributed by atoms with Crippen molar-refractivity contribution in [2.24, 2.45) is 0 Å². The van der Waals surface area contributed by atoms with E-state index in [1.54, 1.807) is 24.5 Å². The van der Waals surface area contributed by atoms with E-state index < -0.39 is 0 Å². The van der Waals surface area contributed by atoms with Crippen molar-refractivity contribution in [1.82, 2.24) is 14.8 Å². The minimum Gasteiger partial charge on any atom is -0.465 e. The van der Waals surface area contributed by atoms with Gasteiger partial charge in [-0.05, 0) is 60.4 Å². The molecule has 2 atom stereocenters. The number of ether oxygens (including phenoxy) is 1. The molecule has 3 aromatic rings. The van der Waals surface area contributed by atoms with E-state index in [-0.39, 0.29) is 24.0 Å². The lowest BCUT2D eigenvalue weighted by Gasteiger charge is -2.44. The van der Waals surface area contributed by atoms with Gasteiger partial charge in [0.2, 0.25) is 5.91 Å². The van der Waals surface area contributed by atoms with E-state index in [9.17, 15) is 9.59 Å². The Labute approximate surface area is 201 Å². The number of hydrogen-bond acceptors (Lipinski definition) is 5. The molecule has 6 nitrogen and oxygen atoms in total. The molecule has 4 rings (SSSR count). The van der Waals surface area contributed by atoms with Gasteiger partial charge < -0.3 is 9.64 Å². The molecule has 1 aliphatic rings. The van der Waals surface area contributed by atoms with Gasteiger partial charge in [-0.3, -0.25) is 14.7 Å². The zero-order valence-electron chi connectivity index (χ0n) is 20.0. The Hall–Kier alpha value is -3.51. The van der Waals surface area contributed by atoms with Crippen LogP contribution in [-0.2, 0) is 22.5 Å². The van der Waals surface area contributed by atoms with Gasteiger partial charge in [0.25, 0.3) is 0 Å². The standard InChI is InChI=1S/C28H31N3O3/c1-20-17-30(18-21(2)31(20)19-22-7-9-25(10-8-22)28(33)34-3)27(32)16-23-5-4-6-26(15-23)24-11-13-29-14-12-24/h4-15,20-21H,16-19H2,1-3H3/t20-,21+. The number of methoxy groups -OCH3 is 1. The summed E-state index contributed by atoms with van der Waals surface area (Å²) >= 11 is 0. The SMILES string of the molecule is COC(=O)c1ccc(CN2[C@H](C)CN(C(=O)Cc3cccc(-c4ccncc4)c3)C[C@@H]2C)cc1. The number of hydrogen-bond donors (Lipinski definition) is 0. The number of pyridine rings is 1. The van der Waals surface area contributed by atoms with Crippen molar-refractivity contribution in [3.63, 3.8) is 0 Å². The monoisotopic (exact) mass is 457 g/mol. The number of nitrogens with zero attached hydrogens (tertiary/aromatic N) is 3. The Kier molecular flexibility index (Phi) is 7.38. The summed E-state index contributed by atoms with van der Waals surface area (Å²) in [7, 11) is 1.39. The Morgan fingerprint density at radius 2 is 1.59 bits per heavy atom. The second kappa shape index (κ2) is 10.6. The number of rotatable bonds is 6.